The number of benzene rings is 2. The lowest BCUT2D eigenvalue weighted by atomic mass is 10.1. The Morgan fingerprint density at radius 3 is 2.52 bits per heavy atom. The molecule has 31 heavy (non-hydrogen) atoms. The van der Waals surface area contributed by atoms with Crippen LogP contribution in [-0.2, 0) is 4.79 Å². The Bertz CT molecular complexity index is 1190. The molecule has 0 radical (unpaired) electrons. The number of methoxy groups -OCH3 is 1. The fraction of sp³-hybridized carbons (Fsp3) is 0.190. The van der Waals surface area contributed by atoms with E-state index in [1.54, 1.807) is 19.1 Å². The second-order valence-electron chi connectivity index (χ2n) is 6.60. The van der Waals surface area contributed by atoms with Crippen LogP contribution >= 0.6 is 23.2 Å². The first-order chi connectivity index (χ1) is 14.8. The highest BCUT2D eigenvalue weighted by atomic mass is 35.5. The van der Waals surface area contributed by atoms with Gasteiger partial charge < -0.3 is 15.2 Å². The van der Waals surface area contributed by atoms with Gasteiger partial charge in [0, 0.05) is 16.8 Å². The van der Waals surface area contributed by atoms with Crippen LogP contribution in [0.4, 0.5) is 10.5 Å². The summed E-state index contributed by atoms with van der Waals surface area (Å²) in [7, 11) is 1.45. The number of fused-ring (bicyclic) bond motifs is 1. The van der Waals surface area contributed by atoms with Crippen LogP contribution in [0.5, 0.6) is 11.6 Å². The molecule has 1 aromatic heterocycles. The predicted octanol–water partition coefficient (Wildman–Crippen LogP) is 4.80. The van der Waals surface area contributed by atoms with E-state index in [1.165, 1.54) is 31.4 Å². The van der Waals surface area contributed by atoms with Crippen LogP contribution in [-0.4, -0.2) is 34.6 Å². The van der Waals surface area contributed by atoms with Crippen LogP contribution in [0.2, 0.25) is 10.0 Å². The average Bonchev–Trinajstić information content (AvgIpc) is 3.01. The number of halogens is 2. The molecule has 0 aliphatic rings. The number of hydrogen-bond acceptors (Lipinski definition) is 5. The summed E-state index contributed by atoms with van der Waals surface area (Å²) >= 11 is 12.0. The molecule has 3 aromatic rings. The summed E-state index contributed by atoms with van der Waals surface area (Å²) < 4.78 is 6.06. The maximum absolute atomic E-state index is 13.0. The molecule has 0 aliphatic heterocycles. The molecule has 162 valence electrons. The van der Waals surface area contributed by atoms with Crippen LogP contribution in [0.15, 0.2) is 36.4 Å². The first kappa shape index (κ1) is 22.5. The normalized spacial score (nSPS) is 10.7. The van der Waals surface area contributed by atoms with Crippen molar-refractivity contribution < 1.29 is 24.2 Å². The Balaban J connectivity index is 2.09. The highest BCUT2D eigenvalue weighted by Crippen LogP contribution is 2.35. The molecule has 3 amide bonds. The van der Waals surface area contributed by atoms with Crippen LogP contribution in [0.25, 0.3) is 10.9 Å². The zero-order valence-electron chi connectivity index (χ0n) is 16.7. The number of carbonyl (C=O) groups is 3. The van der Waals surface area contributed by atoms with Gasteiger partial charge in [0.25, 0.3) is 5.91 Å². The zero-order valence-corrected chi connectivity index (χ0v) is 18.2. The Hall–Kier alpha value is -3.23. The monoisotopic (exact) mass is 463 g/mol. The van der Waals surface area contributed by atoms with Gasteiger partial charge in [-0.2, -0.15) is 0 Å². The lowest BCUT2D eigenvalue weighted by molar-refractivity contribution is -0.120. The standard InChI is InChI=1S/C21H19Cl2N3O5/c1-3-4-17(27)25-21(30)26-16-8-6-12(31-2)10-13(16)18(20(26)29)19(28)24-15-7-5-11(22)9-14(15)23/h5-10,29H,3-4H2,1-2H3,(H,24,28)(H,25,27,30). The van der Waals surface area contributed by atoms with E-state index in [4.69, 9.17) is 27.9 Å². The molecular weight excluding hydrogens is 445 g/mol. The van der Waals surface area contributed by atoms with Gasteiger partial charge in [-0.15, -0.1) is 0 Å². The van der Waals surface area contributed by atoms with Gasteiger partial charge in [0.15, 0.2) is 0 Å². The van der Waals surface area contributed by atoms with E-state index in [9.17, 15) is 19.5 Å². The molecule has 3 rings (SSSR count). The minimum absolute atomic E-state index is 0.141. The number of hydrogen-bond donors (Lipinski definition) is 3. The Morgan fingerprint density at radius 2 is 1.87 bits per heavy atom. The van der Waals surface area contributed by atoms with Gasteiger partial charge >= 0.3 is 6.03 Å². The van der Waals surface area contributed by atoms with E-state index in [2.05, 4.69) is 10.6 Å². The second-order valence-corrected chi connectivity index (χ2v) is 7.44. The van der Waals surface area contributed by atoms with Crippen molar-refractivity contribution in [2.75, 3.05) is 12.4 Å². The topological polar surface area (TPSA) is 110 Å². The molecule has 3 N–H and O–H groups in total. The number of ether oxygens (including phenoxy) is 1. The summed E-state index contributed by atoms with van der Waals surface area (Å²) in [5.41, 5.74) is 0.298. The quantitative estimate of drug-likeness (QED) is 0.503. The fourth-order valence-electron chi connectivity index (χ4n) is 3.05. The Morgan fingerprint density at radius 1 is 1.13 bits per heavy atom. The van der Waals surface area contributed by atoms with Crippen LogP contribution in [0.3, 0.4) is 0 Å². The summed E-state index contributed by atoms with van der Waals surface area (Å²) in [6.45, 7) is 1.79. The number of amides is 3. The molecule has 0 atom stereocenters. The number of nitrogens with zero attached hydrogens (tertiary/aromatic N) is 1. The third kappa shape index (κ3) is 4.60. The largest absolute Gasteiger partial charge is 0.497 e. The molecule has 0 aliphatic carbocycles. The maximum Gasteiger partial charge on any atom is 0.335 e. The van der Waals surface area contributed by atoms with Gasteiger partial charge in [-0.3, -0.25) is 14.9 Å². The minimum atomic E-state index is -0.880. The number of rotatable bonds is 5. The third-order valence-corrected chi connectivity index (χ3v) is 5.03. The van der Waals surface area contributed by atoms with Crippen molar-refractivity contribution in [2.24, 2.45) is 0 Å². The van der Waals surface area contributed by atoms with Crippen LogP contribution in [0, 0.1) is 0 Å². The van der Waals surface area contributed by atoms with Crippen molar-refractivity contribution in [1.82, 2.24) is 9.88 Å². The highest BCUT2D eigenvalue weighted by Gasteiger charge is 2.27. The van der Waals surface area contributed by atoms with Crippen molar-refractivity contribution in [3.63, 3.8) is 0 Å². The number of nitrogens with one attached hydrogen (secondary N) is 2. The molecule has 0 saturated carbocycles. The van der Waals surface area contributed by atoms with E-state index < -0.39 is 23.7 Å². The molecule has 0 fully saturated rings. The van der Waals surface area contributed by atoms with Crippen molar-refractivity contribution in [3.8, 4) is 11.6 Å². The van der Waals surface area contributed by atoms with Gasteiger partial charge in [-0.1, -0.05) is 30.1 Å². The van der Waals surface area contributed by atoms with Crippen molar-refractivity contribution in [2.45, 2.75) is 19.8 Å². The molecule has 10 heteroatoms. The fourth-order valence-corrected chi connectivity index (χ4v) is 3.51. The van der Waals surface area contributed by atoms with Gasteiger partial charge in [-0.25, -0.2) is 9.36 Å². The van der Waals surface area contributed by atoms with Gasteiger partial charge in [0.1, 0.15) is 11.3 Å². The summed E-state index contributed by atoms with van der Waals surface area (Å²) in [6, 6.07) is 8.20. The molecule has 2 aromatic carbocycles. The van der Waals surface area contributed by atoms with E-state index in [0.29, 0.717) is 17.2 Å². The lowest BCUT2D eigenvalue weighted by Crippen LogP contribution is -2.33. The van der Waals surface area contributed by atoms with Gasteiger partial charge in [0.2, 0.25) is 11.8 Å². The Labute approximate surface area is 187 Å². The van der Waals surface area contributed by atoms with E-state index in [1.807, 2.05) is 0 Å². The minimum Gasteiger partial charge on any atom is -0.497 e. The zero-order chi connectivity index (χ0) is 22.7. The number of anilines is 1. The summed E-state index contributed by atoms with van der Waals surface area (Å²) in [6.07, 6.45) is 0.687. The number of aromatic nitrogens is 1. The van der Waals surface area contributed by atoms with E-state index >= 15 is 0 Å². The summed E-state index contributed by atoms with van der Waals surface area (Å²) in [4.78, 5) is 37.6. The third-order valence-electron chi connectivity index (χ3n) is 4.48. The van der Waals surface area contributed by atoms with Crippen molar-refractivity contribution >= 4 is 57.6 Å². The molecule has 0 saturated heterocycles. The van der Waals surface area contributed by atoms with Crippen LogP contribution in [0.1, 0.15) is 30.1 Å². The van der Waals surface area contributed by atoms with Crippen LogP contribution < -0.4 is 15.4 Å². The Kier molecular flexibility index (Phi) is 6.72. The average molecular weight is 464 g/mol. The van der Waals surface area contributed by atoms with Gasteiger partial charge in [0.05, 0.1) is 23.3 Å². The predicted molar refractivity (Wildman–Crippen MR) is 118 cm³/mol. The molecule has 8 nitrogen and oxygen atoms in total. The summed E-state index contributed by atoms with van der Waals surface area (Å²) in [5.74, 6) is -1.44. The maximum atomic E-state index is 13.0. The first-order valence-corrected chi connectivity index (χ1v) is 10.0. The van der Waals surface area contributed by atoms with Crippen molar-refractivity contribution in [1.29, 1.82) is 0 Å². The van der Waals surface area contributed by atoms with E-state index in [0.717, 1.165) is 4.57 Å². The molecule has 0 bridgehead atoms. The molecular formula is C21H19Cl2N3O5. The smallest absolute Gasteiger partial charge is 0.335 e. The summed E-state index contributed by atoms with van der Waals surface area (Å²) in [5, 5.41) is 16.4. The molecule has 0 spiro atoms. The number of carbonyl (C=O) groups excluding carboxylic acids is 3. The number of imide groups is 1. The second kappa shape index (κ2) is 9.28. The lowest BCUT2D eigenvalue weighted by Gasteiger charge is -2.08. The van der Waals surface area contributed by atoms with Crippen molar-refractivity contribution in [3.05, 3.63) is 52.0 Å². The van der Waals surface area contributed by atoms with Gasteiger partial charge in [-0.05, 0) is 42.8 Å². The highest BCUT2D eigenvalue weighted by molar-refractivity contribution is 6.37. The molecule has 0 unspecified atom stereocenters. The first-order valence-electron chi connectivity index (χ1n) is 9.28. The SMILES string of the molecule is CCCC(=O)NC(=O)n1c(O)c(C(=O)Nc2ccc(Cl)cc2Cl)c2cc(OC)ccc21. The molecule has 1 heterocycles. The number of aromatic hydroxyl groups is 1. The van der Waals surface area contributed by atoms with E-state index in [-0.39, 0.29) is 33.6 Å².